The van der Waals surface area contributed by atoms with Gasteiger partial charge in [0.05, 0.1) is 16.3 Å². The van der Waals surface area contributed by atoms with E-state index in [2.05, 4.69) is 58.5 Å². The van der Waals surface area contributed by atoms with Crippen molar-refractivity contribution in [3.63, 3.8) is 0 Å². The average Bonchev–Trinajstić information content (AvgIpc) is 3.43. The van der Waals surface area contributed by atoms with Crippen LogP contribution in [-0.2, 0) is 0 Å². The molecule has 1 unspecified atom stereocenters. The number of hydrogen-bond donors (Lipinski definition) is 3. The number of phenols is 1. The number of aromatic nitrogens is 4. The summed E-state index contributed by atoms with van der Waals surface area (Å²) in [5.74, 6) is 0.755. The third kappa shape index (κ3) is 4.77. The molecule has 0 radical (unpaired) electrons. The number of aliphatic hydroxyl groups is 1. The van der Waals surface area contributed by atoms with Crippen LogP contribution in [0.3, 0.4) is 0 Å². The summed E-state index contributed by atoms with van der Waals surface area (Å²) in [5.41, 5.74) is 3.08. The molecule has 4 rings (SSSR count). The summed E-state index contributed by atoms with van der Waals surface area (Å²) in [6.45, 7) is 4.44. The molecule has 158 valence electrons. The summed E-state index contributed by atoms with van der Waals surface area (Å²) in [5, 5.41) is 25.2. The van der Waals surface area contributed by atoms with E-state index < -0.39 is 0 Å². The number of rotatable bonds is 7. The predicted octanol–water partition coefficient (Wildman–Crippen LogP) is 4.97. The molecule has 30 heavy (non-hydrogen) atoms. The molecule has 4 aromatic rings. The molecule has 0 aliphatic rings. The van der Waals surface area contributed by atoms with Gasteiger partial charge in [0, 0.05) is 12.8 Å². The molecule has 2 heterocycles. The van der Waals surface area contributed by atoms with Gasteiger partial charge < -0.3 is 15.5 Å². The van der Waals surface area contributed by atoms with Crippen LogP contribution in [0.5, 0.6) is 5.75 Å². The third-order valence-electron chi connectivity index (χ3n) is 5.09. The van der Waals surface area contributed by atoms with Crippen molar-refractivity contribution in [3.8, 4) is 5.75 Å². The van der Waals surface area contributed by atoms with Gasteiger partial charge in [-0.2, -0.15) is 5.10 Å². The first-order valence-electron chi connectivity index (χ1n) is 9.93. The molecule has 0 fully saturated rings. The third-order valence-corrected chi connectivity index (χ3v) is 6.03. The lowest BCUT2D eigenvalue weighted by atomic mass is 9.89. The van der Waals surface area contributed by atoms with E-state index in [4.69, 9.17) is 5.11 Å². The van der Waals surface area contributed by atoms with Crippen molar-refractivity contribution in [3.05, 3.63) is 60.7 Å². The van der Waals surface area contributed by atoms with E-state index in [1.165, 1.54) is 16.9 Å². The molecule has 0 saturated carbocycles. The normalized spacial score (nSPS) is 11.9. The second kappa shape index (κ2) is 10.2. The fraction of sp³-hybridized carbons (Fsp3) is 0.318. The number of hydrogen-bond acceptors (Lipinski definition) is 7. The standard InChI is InChI=1S/C21H23N5OS.CH4O/c1-3-14(4-2)20(26-13-22-12-23-26)15-5-7-16(8-6-15)24-21-25-18-10-9-17(27)11-19(18)28-21;1-2/h5-14,20,27H,3-4H2,1-2H3,(H,24,25);2H,1H3. The molecular weight excluding hydrogens is 398 g/mol. The van der Waals surface area contributed by atoms with E-state index >= 15 is 0 Å². The van der Waals surface area contributed by atoms with Crippen molar-refractivity contribution in [2.24, 2.45) is 5.92 Å². The number of fused-ring (bicyclic) bond motifs is 1. The van der Waals surface area contributed by atoms with Crippen molar-refractivity contribution in [2.45, 2.75) is 32.7 Å². The number of thiazole rings is 1. The molecule has 0 spiro atoms. The molecule has 0 bridgehead atoms. The summed E-state index contributed by atoms with van der Waals surface area (Å²) < 4.78 is 2.92. The highest BCUT2D eigenvalue weighted by atomic mass is 32.1. The minimum Gasteiger partial charge on any atom is -0.508 e. The highest BCUT2D eigenvalue weighted by Crippen LogP contribution is 2.33. The Labute approximate surface area is 180 Å². The number of nitrogens with zero attached hydrogens (tertiary/aromatic N) is 4. The zero-order chi connectivity index (χ0) is 21.5. The maximum Gasteiger partial charge on any atom is 0.188 e. The Morgan fingerprint density at radius 1 is 1.07 bits per heavy atom. The monoisotopic (exact) mass is 425 g/mol. The van der Waals surface area contributed by atoms with Crippen LogP contribution in [0.4, 0.5) is 10.8 Å². The first-order chi connectivity index (χ1) is 14.7. The number of benzene rings is 2. The van der Waals surface area contributed by atoms with Crippen LogP contribution in [0.25, 0.3) is 10.2 Å². The van der Waals surface area contributed by atoms with Gasteiger partial charge >= 0.3 is 0 Å². The molecule has 7 nitrogen and oxygen atoms in total. The Morgan fingerprint density at radius 3 is 2.43 bits per heavy atom. The Bertz CT molecular complexity index is 1040. The van der Waals surface area contributed by atoms with Gasteiger partial charge in [-0.25, -0.2) is 14.6 Å². The Balaban J connectivity index is 0.00000124. The molecule has 0 aliphatic carbocycles. The minimum atomic E-state index is 0.178. The maximum absolute atomic E-state index is 9.62. The van der Waals surface area contributed by atoms with E-state index in [1.807, 2.05) is 10.7 Å². The molecule has 0 aliphatic heterocycles. The van der Waals surface area contributed by atoms with Gasteiger partial charge in [0.25, 0.3) is 0 Å². The smallest absolute Gasteiger partial charge is 0.188 e. The molecule has 3 N–H and O–H groups in total. The Hall–Kier alpha value is -2.97. The van der Waals surface area contributed by atoms with Crippen LogP contribution < -0.4 is 5.32 Å². The van der Waals surface area contributed by atoms with E-state index in [0.717, 1.165) is 41.0 Å². The van der Waals surface area contributed by atoms with Crippen molar-refractivity contribution >= 4 is 32.4 Å². The van der Waals surface area contributed by atoms with Crippen molar-refractivity contribution in [1.82, 2.24) is 19.7 Å². The Morgan fingerprint density at radius 2 is 1.80 bits per heavy atom. The molecule has 8 heteroatoms. The molecule has 1 atom stereocenters. The second-order valence-electron chi connectivity index (χ2n) is 6.81. The fourth-order valence-electron chi connectivity index (χ4n) is 3.59. The van der Waals surface area contributed by atoms with Gasteiger partial charge in [0.15, 0.2) is 5.13 Å². The maximum atomic E-state index is 9.62. The van der Waals surface area contributed by atoms with Gasteiger partial charge in [-0.15, -0.1) is 0 Å². The quantitative estimate of drug-likeness (QED) is 0.387. The highest BCUT2D eigenvalue weighted by Gasteiger charge is 2.23. The predicted molar refractivity (Wildman–Crippen MR) is 121 cm³/mol. The molecule has 0 amide bonds. The van der Waals surface area contributed by atoms with E-state index in [1.54, 1.807) is 24.8 Å². The molecule has 2 aromatic heterocycles. The largest absolute Gasteiger partial charge is 0.508 e. The van der Waals surface area contributed by atoms with Crippen molar-refractivity contribution in [2.75, 3.05) is 12.4 Å². The zero-order valence-electron chi connectivity index (χ0n) is 17.4. The number of anilines is 2. The zero-order valence-corrected chi connectivity index (χ0v) is 18.2. The summed E-state index contributed by atoms with van der Waals surface area (Å²) in [6, 6.07) is 13.8. The molecule has 2 aromatic carbocycles. The Kier molecular flexibility index (Phi) is 7.37. The first-order valence-corrected chi connectivity index (χ1v) is 10.7. The number of aliphatic hydroxyl groups excluding tert-OH is 1. The first kappa shape index (κ1) is 21.7. The molecule has 0 saturated heterocycles. The summed E-state index contributed by atoms with van der Waals surface area (Å²) in [7, 11) is 1.00. The van der Waals surface area contributed by atoms with Crippen molar-refractivity contribution in [1.29, 1.82) is 0 Å². The molecular formula is C22H27N5O2S. The van der Waals surface area contributed by atoms with Crippen LogP contribution in [0.15, 0.2) is 55.1 Å². The van der Waals surface area contributed by atoms with Gasteiger partial charge in [0.1, 0.15) is 18.4 Å². The highest BCUT2D eigenvalue weighted by molar-refractivity contribution is 7.22. The van der Waals surface area contributed by atoms with E-state index in [-0.39, 0.29) is 11.8 Å². The summed E-state index contributed by atoms with van der Waals surface area (Å²) >= 11 is 1.52. The fourth-order valence-corrected chi connectivity index (χ4v) is 4.51. The number of aromatic hydroxyl groups is 1. The van der Waals surface area contributed by atoms with Crippen LogP contribution >= 0.6 is 11.3 Å². The topological polar surface area (TPSA) is 96.1 Å². The lowest BCUT2D eigenvalue weighted by Crippen LogP contribution is -2.20. The summed E-state index contributed by atoms with van der Waals surface area (Å²) in [6.07, 6.45) is 5.56. The van der Waals surface area contributed by atoms with Gasteiger partial charge in [-0.1, -0.05) is 50.2 Å². The van der Waals surface area contributed by atoms with Crippen LogP contribution in [0.2, 0.25) is 0 Å². The number of phenolic OH excluding ortho intramolecular Hbond substituents is 1. The van der Waals surface area contributed by atoms with Gasteiger partial charge in [-0.3, -0.25) is 0 Å². The lowest BCUT2D eigenvalue weighted by molar-refractivity contribution is 0.332. The number of nitrogens with one attached hydrogen (secondary N) is 1. The second-order valence-corrected chi connectivity index (χ2v) is 7.85. The van der Waals surface area contributed by atoms with Crippen molar-refractivity contribution < 1.29 is 10.2 Å². The van der Waals surface area contributed by atoms with E-state index in [9.17, 15) is 5.11 Å². The van der Waals surface area contributed by atoms with E-state index in [0.29, 0.717) is 5.92 Å². The van der Waals surface area contributed by atoms with Gasteiger partial charge in [-0.05, 0) is 41.8 Å². The summed E-state index contributed by atoms with van der Waals surface area (Å²) in [4.78, 5) is 8.71. The van der Waals surface area contributed by atoms with Crippen LogP contribution in [0.1, 0.15) is 38.3 Å². The average molecular weight is 426 g/mol. The van der Waals surface area contributed by atoms with Crippen LogP contribution in [-0.4, -0.2) is 37.1 Å². The van der Waals surface area contributed by atoms with Gasteiger partial charge in [0.2, 0.25) is 0 Å². The lowest BCUT2D eigenvalue weighted by Gasteiger charge is -2.26. The SMILES string of the molecule is CCC(CC)C(c1ccc(Nc2nc3ccc(O)cc3s2)cc1)n1cncn1.CO. The minimum absolute atomic E-state index is 0.178. The van der Waals surface area contributed by atoms with Crippen LogP contribution in [0, 0.1) is 5.92 Å².